The van der Waals surface area contributed by atoms with Crippen LogP contribution in [0.3, 0.4) is 0 Å². The highest BCUT2D eigenvalue weighted by Crippen LogP contribution is 2.27. The van der Waals surface area contributed by atoms with Crippen LogP contribution in [-0.2, 0) is 6.54 Å². The molecule has 2 rings (SSSR count). The lowest BCUT2D eigenvalue weighted by molar-refractivity contribution is -0.274. The van der Waals surface area contributed by atoms with Crippen molar-refractivity contribution in [3.63, 3.8) is 0 Å². The van der Waals surface area contributed by atoms with Gasteiger partial charge in [-0.05, 0) is 18.2 Å². The van der Waals surface area contributed by atoms with Gasteiger partial charge in [-0.3, -0.25) is 0 Å². The van der Waals surface area contributed by atoms with Crippen molar-refractivity contribution < 1.29 is 22.6 Å². The Morgan fingerprint density at radius 2 is 1.71 bits per heavy atom. The van der Waals surface area contributed by atoms with Gasteiger partial charge in [0.1, 0.15) is 11.5 Å². The molecule has 0 spiro atoms. The fourth-order valence-corrected chi connectivity index (χ4v) is 1.95. The summed E-state index contributed by atoms with van der Waals surface area (Å²) in [6.07, 6.45) is -4.76. The largest absolute Gasteiger partial charge is 0.573 e. The van der Waals surface area contributed by atoms with Crippen molar-refractivity contribution in [2.24, 2.45) is 10.7 Å². The molecular weight excluding hydrogens is 323 g/mol. The second-order valence-electron chi connectivity index (χ2n) is 4.68. The fraction of sp³-hybridized carbons (Fsp3) is 0.188. The van der Waals surface area contributed by atoms with Crippen LogP contribution in [0.4, 0.5) is 18.9 Å². The molecule has 0 aliphatic carbocycles. The summed E-state index contributed by atoms with van der Waals surface area (Å²) < 4.78 is 46.3. The van der Waals surface area contributed by atoms with E-state index in [2.05, 4.69) is 15.0 Å². The number of alkyl halides is 3. The zero-order valence-electron chi connectivity index (χ0n) is 12.8. The predicted octanol–water partition coefficient (Wildman–Crippen LogP) is 3.52. The van der Waals surface area contributed by atoms with E-state index in [4.69, 9.17) is 10.5 Å². The highest BCUT2D eigenvalue weighted by Gasteiger charge is 2.31. The van der Waals surface area contributed by atoms with Gasteiger partial charge in [0.25, 0.3) is 0 Å². The molecule has 0 atom stereocenters. The molecule has 0 aliphatic heterocycles. The Balaban J connectivity index is 2.10. The van der Waals surface area contributed by atoms with Crippen LogP contribution in [0.2, 0.25) is 0 Å². The van der Waals surface area contributed by atoms with Gasteiger partial charge in [-0.2, -0.15) is 0 Å². The summed E-state index contributed by atoms with van der Waals surface area (Å²) in [7, 11) is 1.51. The normalized spacial score (nSPS) is 11.9. The molecule has 0 aliphatic rings. The number of halogens is 3. The van der Waals surface area contributed by atoms with Crippen molar-refractivity contribution in [2.75, 3.05) is 12.4 Å². The minimum absolute atomic E-state index is 0.0429. The number of hydrogen-bond acceptors (Lipinski definition) is 3. The predicted molar refractivity (Wildman–Crippen MR) is 85.1 cm³/mol. The van der Waals surface area contributed by atoms with Crippen LogP contribution in [0.25, 0.3) is 0 Å². The molecule has 0 radical (unpaired) electrons. The minimum Gasteiger partial charge on any atom is -0.495 e. The molecular formula is C16H16F3N3O2. The fourth-order valence-electron chi connectivity index (χ4n) is 1.95. The van der Waals surface area contributed by atoms with E-state index in [1.165, 1.54) is 25.3 Å². The molecule has 2 aromatic rings. The molecule has 0 fully saturated rings. The summed E-state index contributed by atoms with van der Waals surface area (Å²) >= 11 is 0. The van der Waals surface area contributed by atoms with Crippen LogP contribution < -0.4 is 20.5 Å². The molecule has 0 unspecified atom stereocenters. The van der Waals surface area contributed by atoms with E-state index in [-0.39, 0.29) is 23.8 Å². The highest BCUT2D eigenvalue weighted by molar-refractivity contribution is 5.93. The van der Waals surface area contributed by atoms with Gasteiger partial charge in [-0.15, -0.1) is 13.2 Å². The third-order valence-corrected chi connectivity index (χ3v) is 2.99. The van der Waals surface area contributed by atoms with E-state index >= 15 is 0 Å². The number of nitrogens with zero attached hydrogens (tertiary/aromatic N) is 1. The highest BCUT2D eigenvalue weighted by atomic mass is 19.4. The van der Waals surface area contributed by atoms with Gasteiger partial charge in [0, 0.05) is 5.56 Å². The van der Waals surface area contributed by atoms with Crippen molar-refractivity contribution in [1.82, 2.24) is 0 Å². The van der Waals surface area contributed by atoms with E-state index < -0.39 is 6.36 Å². The summed E-state index contributed by atoms with van der Waals surface area (Å²) in [5, 5.41) is 2.84. The Hall–Kier alpha value is -2.90. The number of methoxy groups -OCH3 is 1. The summed E-state index contributed by atoms with van der Waals surface area (Å²) in [5.41, 5.74) is 6.64. The first-order valence-corrected chi connectivity index (χ1v) is 6.92. The molecule has 128 valence electrons. The molecule has 5 nitrogen and oxygen atoms in total. The summed E-state index contributed by atoms with van der Waals surface area (Å²) in [5.74, 6) is 0.302. The Kier molecular flexibility index (Phi) is 5.51. The minimum atomic E-state index is -4.76. The van der Waals surface area contributed by atoms with Crippen LogP contribution >= 0.6 is 0 Å². The summed E-state index contributed by atoms with van der Waals surface area (Å²) in [6.45, 7) is -0.0692. The van der Waals surface area contributed by atoms with Gasteiger partial charge in [0.05, 0.1) is 19.3 Å². The molecule has 0 saturated carbocycles. The maximum absolute atomic E-state index is 12.4. The van der Waals surface area contributed by atoms with Crippen LogP contribution in [0.15, 0.2) is 53.5 Å². The Labute approximate surface area is 136 Å². The van der Waals surface area contributed by atoms with E-state index in [1.54, 1.807) is 30.3 Å². The number of ether oxygens (including phenoxy) is 2. The van der Waals surface area contributed by atoms with Gasteiger partial charge in [-0.1, -0.05) is 30.3 Å². The van der Waals surface area contributed by atoms with Crippen molar-refractivity contribution in [3.05, 3.63) is 54.1 Å². The maximum atomic E-state index is 12.4. The van der Waals surface area contributed by atoms with Gasteiger partial charge < -0.3 is 20.5 Å². The van der Waals surface area contributed by atoms with E-state index in [1.807, 2.05) is 0 Å². The van der Waals surface area contributed by atoms with Gasteiger partial charge >= 0.3 is 6.36 Å². The van der Waals surface area contributed by atoms with Crippen molar-refractivity contribution >= 4 is 11.6 Å². The molecule has 0 bridgehead atoms. The molecule has 24 heavy (non-hydrogen) atoms. The zero-order chi connectivity index (χ0) is 17.6. The van der Waals surface area contributed by atoms with Gasteiger partial charge in [0.15, 0.2) is 5.96 Å². The average molecular weight is 339 g/mol. The molecule has 0 amide bonds. The number of hydrogen-bond donors (Lipinski definition) is 2. The third kappa shape index (κ3) is 5.08. The Morgan fingerprint density at radius 1 is 1.08 bits per heavy atom. The number of guanidine groups is 1. The smallest absolute Gasteiger partial charge is 0.495 e. The summed E-state index contributed by atoms with van der Waals surface area (Å²) in [6, 6.07) is 12.8. The lowest BCUT2D eigenvalue weighted by atomic mass is 10.2. The van der Waals surface area contributed by atoms with Crippen LogP contribution in [0.5, 0.6) is 11.5 Å². The molecule has 0 heterocycles. The van der Waals surface area contributed by atoms with Crippen molar-refractivity contribution in [3.8, 4) is 11.5 Å². The SMILES string of the molecule is COc1ccccc1NC(N)=NCc1ccccc1OC(F)(F)F. The van der Waals surface area contributed by atoms with E-state index in [0.717, 1.165) is 0 Å². The number of benzene rings is 2. The maximum Gasteiger partial charge on any atom is 0.573 e. The zero-order valence-corrected chi connectivity index (χ0v) is 12.8. The number of anilines is 1. The molecule has 0 aromatic heterocycles. The number of nitrogens with two attached hydrogens (primary N) is 1. The number of rotatable bonds is 5. The number of nitrogens with one attached hydrogen (secondary N) is 1. The quantitative estimate of drug-likeness (QED) is 0.646. The topological polar surface area (TPSA) is 68.9 Å². The number of para-hydroxylation sites is 3. The van der Waals surface area contributed by atoms with Crippen molar-refractivity contribution in [2.45, 2.75) is 12.9 Å². The average Bonchev–Trinajstić information content (AvgIpc) is 2.53. The second kappa shape index (κ2) is 7.58. The monoisotopic (exact) mass is 339 g/mol. The lowest BCUT2D eigenvalue weighted by Crippen LogP contribution is -2.23. The molecule has 3 N–H and O–H groups in total. The molecule has 8 heteroatoms. The Bertz CT molecular complexity index is 718. The molecule has 0 saturated heterocycles. The first-order chi connectivity index (χ1) is 11.4. The molecule has 2 aromatic carbocycles. The van der Waals surface area contributed by atoms with Crippen molar-refractivity contribution in [1.29, 1.82) is 0 Å². The van der Waals surface area contributed by atoms with Crippen LogP contribution in [-0.4, -0.2) is 19.4 Å². The third-order valence-electron chi connectivity index (χ3n) is 2.99. The number of aliphatic imine (C=N–C) groups is 1. The first kappa shape index (κ1) is 17.5. The first-order valence-electron chi connectivity index (χ1n) is 6.92. The van der Waals surface area contributed by atoms with E-state index in [9.17, 15) is 13.2 Å². The van der Waals surface area contributed by atoms with Gasteiger partial charge in [-0.25, -0.2) is 4.99 Å². The van der Waals surface area contributed by atoms with Gasteiger partial charge in [0.2, 0.25) is 0 Å². The van der Waals surface area contributed by atoms with Crippen LogP contribution in [0, 0.1) is 0 Å². The van der Waals surface area contributed by atoms with E-state index in [0.29, 0.717) is 11.4 Å². The standard InChI is InChI=1S/C16H16F3N3O2/c1-23-14-9-5-3-7-12(14)22-15(20)21-10-11-6-2-4-8-13(11)24-16(17,18)19/h2-9H,10H2,1H3,(H3,20,21,22). The Morgan fingerprint density at radius 3 is 2.38 bits per heavy atom. The lowest BCUT2D eigenvalue weighted by Gasteiger charge is -2.13. The summed E-state index contributed by atoms with van der Waals surface area (Å²) in [4.78, 5) is 4.04. The second-order valence-corrected chi connectivity index (χ2v) is 4.68. The van der Waals surface area contributed by atoms with Crippen LogP contribution in [0.1, 0.15) is 5.56 Å².